The Bertz CT molecular complexity index is 953. The first-order valence-electron chi connectivity index (χ1n) is 7.72. The predicted molar refractivity (Wildman–Crippen MR) is 108 cm³/mol. The van der Waals surface area contributed by atoms with Gasteiger partial charge in [-0.2, -0.15) is 5.10 Å². The monoisotopic (exact) mass is 461 g/mol. The van der Waals surface area contributed by atoms with Crippen molar-refractivity contribution in [2.24, 2.45) is 5.10 Å². The van der Waals surface area contributed by atoms with Gasteiger partial charge in [-0.25, -0.2) is 5.43 Å². The van der Waals surface area contributed by atoms with E-state index in [4.69, 9.17) is 4.74 Å². The Labute approximate surface area is 164 Å². The van der Waals surface area contributed by atoms with Gasteiger partial charge in [0.1, 0.15) is 0 Å². The SMILES string of the molecule is COc1cc(/C=N\NC(=O)c2ccccc2-n2cccc2)cc(I)c1O. The number of amides is 1. The number of aromatic hydroxyl groups is 1. The van der Waals surface area contributed by atoms with Crippen molar-refractivity contribution in [1.29, 1.82) is 0 Å². The fraction of sp³-hybridized carbons (Fsp3) is 0.0526. The van der Waals surface area contributed by atoms with Gasteiger partial charge in [-0.3, -0.25) is 4.79 Å². The van der Waals surface area contributed by atoms with Crippen LogP contribution in [0.2, 0.25) is 0 Å². The van der Waals surface area contributed by atoms with Crippen LogP contribution in [-0.4, -0.2) is 28.9 Å². The molecule has 1 amide bonds. The minimum absolute atomic E-state index is 0.0786. The Morgan fingerprint density at radius 1 is 1.23 bits per heavy atom. The Balaban J connectivity index is 1.78. The number of hydrogen-bond acceptors (Lipinski definition) is 4. The van der Waals surface area contributed by atoms with E-state index in [0.717, 1.165) is 5.69 Å². The number of carbonyl (C=O) groups excluding carboxylic acids is 1. The van der Waals surface area contributed by atoms with Crippen LogP contribution in [-0.2, 0) is 0 Å². The highest BCUT2D eigenvalue weighted by Gasteiger charge is 2.11. The molecule has 0 saturated heterocycles. The molecule has 0 atom stereocenters. The number of carbonyl (C=O) groups is 1. The number of hydrazone groups is 1. The fourth-order valence-corrected chi connectivity index (χ4v) is 3.06. The average molecular weight is 461 g/mol. The number of para-hydroxylation sites is 1. The van der Waals surface area contributed by atoms with Gasteiger partial charge < -0.3 is 14.4 Å². The summed E-state index contributed by atoms with van der Waals surface area (Å²) >= 11 is 2.00. The van der Waals surface area contributed by atoms with E-state index in [9.17, 15) is 9.90 Å². The van der Waals surface area contributed by atoms with Gasteiger partial charge in [0.2, 0.25) is 0 Å². The normalized spacial score (nSPS) is 10.8. The van der Waals surface area contributed by atoms with Crippen molar-refractivity contribution in [3.8, 4) is 17.2 Å². The lowest BCUT2D eigenvalue weighted by atomic mass is 10.1. The van der Waals surface area contributed by atoms with Crippen molar-refractivity contribution in [2.75, 3.05) is 7.11 Å². The third kappa shape index (κ3) is 3.88. The summed E-state index contributed by atoms with van der Waals surface area (Å²) in [4.78, 5) is 12.5. The highest BCUT2D eigenvalue weighted by atomic mass is 127. The second-order valence-electron chi connectivity index (χ2n) is 5.36. The summed E-state index contributed by atoms with van der Waals surface area (Å²) < 4.78 is 7.61. The maximum Gasteiger partial charge on any atom is 0.273 e. The minimum atomic E-state index is -0.314. The van der Waals surface area contributed by atoms with Crippen LogP contribution < -0.4 is 10.2 Å². The van der Waals surface area contributed by atoms with Crippen LogP contribution >= 0.6 is 22.6 Å². The second kappa shape index (κ2) is 8.05. The third-order valence-corrected chi connectivity index (χ3v) is 4.50. The van der Waals surface area contributed by atoms with E-state index >= 15 is 0 Å². The van der Waals surface area contributed by atoms with E-state index in [1.807, 2.05) is 63.8 Å². The first-order valence-corrected chi connectivity index (χ1v) is 8.80. The molecule has 26 heavy (non-hydrogen) atoms. The molecule has 6 nitrogen and oxygen atoms in total. The molecule has 3 rings (SSSR count). The van der Waals surface area contributed by atoms with Crippen molar-refractivity contribution in [3.05, 3.63) is 75.6 Å². The smallest absolute Gasteiger partial charge is 0.273 e. The van der Waals surface area contributed by atoms with Crippen LogP contribution in [0.5, 0.6) is 11.5 Å². The van der Waals surface area contributed by atoms with E-state index < -0.39 is 0 Å². The van der Waals surface area contributed by atoms with Crippen LogP contribution in [0, 0.1) is 3.57 Å². The van der Waals surface area contributed by atoms with E-state index in [2.05, 4.69) is 10.5 Å². The summed E-state index contributed by atoms with van der Waals surface area (Å²) in [7, 11) is 1.48. The fourth-order valence-electron chi connectivity index (χ4n) is 2.44. The zero-order valence-corrected chi connectivity index (χ0v) is 16.0. The highest BCUT2D eigenvalue weighted by molar-refractivity contribution is 14.1. The van der Waals surface area contributed by atoms with E-state index in [0.29, 0.717) is 20.4 Å². The van der Waals surface area contributed by atoms with Crippen molar-refractivity contribution >= 4 is 34.7 Å². The number of halogens is 1. The molecular weight excluding hydrogens is 445 g/mol. The van der Waals surface area contributed by atoms with Gasteiger partial charge in [-0.15, -0.1) is 0 Å². The molecule has 0 aliphatic rings. The van der Waals surface area contributed by atoms with Gasteiger partial charge in [0, 0.05) is 12.4 Å². The van der Waals surface area contributed by atoms with E-state index in [1.165, 1.54) is 13.3 Å². The summed E-state index contributed by atoms with van der Waals surface area (Å²) in [6.45, 7) is 0. The molecule has 1 aromatic heterocycles. The van der Waals surface area contributed by atoms with Gasteiger partial charge in [0.15, 0.2) is 11.5 Å². The van der Waals surface area contributed by atoms with Gasteiger partial charge in [0.25, 0.3) is 5.91 Å². The van der Waals surface area contributed by atoms with Crippen molar-refractivity contribution in [1.82, 2.24) is 9.99 Å². The van der Waals surface area contributed by atoms with Crippen molar-refractivity contribution < 1.29 is 14.6 Å². The lowest BCUT2D eigenvalue weighted by molar-refractivity contribution is 0.0955. The second-order valence-corrected chi connectivity index (χ2v) is 6.52. The first kappa shape index (κ1) is 18.0. The topological polar surface area (TPSA) is 75.8 Å². The molecule has 0 spiro atoms. The Kier molecular flexibility index (Phi) is 5.57. The summed E-state index contributed by atoms with van der Waals surface area (Å²) in [6, 6.07) is 14.5. The highest BCUT2D eigenvalue weighted by Crippen LogP contribution is 2.31. The van der Waals surface area contributed by atoms with E-state index in [1.54, 1.807) is 24.3 Å². The molecule has 0 fully saturated rings. The summed E-state index contributed by atoms with van der Waals surface area (Å²) in [5.41, 5.74) is 4.51. The van der Waals surface area contributed by atoms with Crippen LogP contribution in [0.25, 0.3) is 5.69 Å². The zero-order chi connectivity index (χ0) is 18.5. The van der Waals surface area contributed by atoms with Gasteiger partial charge in [-0.1, -0.05) is 12.1 Å². The van der Waals surface area contributed by atoms with Gasteiger partial charge in [-0.05, 0) is 64.6 Å². The molecule has 132 valence electrons. The molecule has 0 unspecified atom stereocenters. The molecule has 7 heteroatoms. The van der Waals surface area contributed by atoms with Crippen molar-refractivity contribution in [2.45, 2.75) is 0 Å². The summed E-state index contributed by atoms with van der Waals surface area (Å²) in [6.07, 6.45) is 5.25. The molecule has 2 aromatic carbocycles. The standard InChI is InChI=1S/C19H16IN3O3/c1-26-17-11-13(10-15(20)18(17)24)12-21-22-19(25)14-6-2-3-7-16(14)23-8-4-5-9-23/h2-12,24H,1H3,(H,22,25)/b21-12-. The van der Waals surface area contributed by atoms with Crippen molar-refractivity contribution in [3.63, 3.8) is 0 Å². The maximum absolute atomic E-state index is 12.5. The van der Waals surface area contributed by atoms with E-state index in [-0.39, 0.29) is 11.7 Å². The largest absolute Gasteiger partial charge is 0.504 e. The number of nitrogens with zero attached hydrogens (tertiary/aromatic N) is 2. The Hall–Kier alpha value is -2.81. The summed E-state index contributed by atoms with van der Waals surface area (Å²) in [5.74, 6) is 0.114. The molecule has 3 aromatic rings. The minimum Gasteiger partial charge on any atom is -0.504 e. The summed E-state index contributed by atoms with van der Waals surface area (Å²) in [5, 5.41) is 13.9. The number of methoxy groups -OCH3 is 1. The lowest BCUT2D eigenvalue weighted by Gasteiger charge is -2.09. The molecular formula is C19H16IN3O3. The number of hydrogen-bond donors (Lipinski definition) is 2. The number of aromatic nitrogens is 1. The number of phenolic OH excluding ortho intramolecular Hbond substituents is 1. The molecule has 0 bridgehead atoms. The Morgan fingerprint density at radius 2 is 1.96 bits per heavy atom. The molecule has 0 aliphatic carbocycles. The first-order chi connectivity index (χ1) is 12.6. The number of nitrogens with one attached hydrogen (secondary N) is 1. The number of rotatable bonds is 5. The zero-order valence-electron chi connectivity index (χ0n) is 13.9. The maximum atomic E-state index is 12.5. The van der Waals surface area contributed by atoms with Crippen LogP contribution in [0.15, 0.2) is 66.0 Å². The van der Waals surface area contributed by atoms with Crippen LogP contribution in [0.4, 0.5) is 0 Å². The average Bonchev–Trinajstić information content (AvgIpc) is 3.19. The molecule has 1 heterocycles. The van der Waals surface area contributed by atoms with Crippen LogP contribution in [0.1, 0.15) is 15.9 Å². The quantitative estimate of drug-likeness (QED) is 0.347. The van der Waals surface area contributed by atoms with Gasteiger partial charge in [0.05, 0.1) is 28.1 Å². The van der Waals surface area contributed by atoms with Crippen LogP contribution in [0.3, 0.4) is 0 Å². The molecule has 2 N–H and O–H groups in total. The van der Waals surface area contributed by atoms with Gasteiger partial charge >= 0.3 is 0 Å². The third-order valence-electron chi connectivity index (χ3n) is 3.68. The molecule has 0 radical (unpaired) electrons. The number of phenols is 1. The predicted octanol–water partition coefficient (Wildman–Crippen LogP) is 3.56. The molecule has 0 saturated carbocycles. The molecule has 0 aliphatic heterocycles. The number of ether oxygens (including phenoxy) is 1. The lowest BCUT2D eigenvalue weighted by Crippen LogP contribution is -2.19. The Morgan fingerprint density at radius 3 is 2.69 bits per heavy atom. The number of benzene rings is 2.